The molecule has 0 saturated carbocycles. The number of carbonyl (C=O) groups is 1. The van der Waals surface area contributed by atoms with Crippen LogP contribution < -0.4 is 4.90 Å². The van der Waals surface area contributed by atoms with Crippen LogP contribution >= 0.6 is 11.6 Å². The number of piperidine rings is 1. The van der Waals surface area contributed by atoms with Gasteiger partial charge in [-0.15, -0.1) is 0 Å². The van der Waals surface area contributed by atoms with Crippen LogP contribution in [0.4, 0.5) is 5.82 Å². The van der Waals surface area contributed by atoms with Crippen LogP contribution in [0.5, 0.6) is 0 Å². The Morgan fingerprint density at radius 1 is 1.03 bits per heavy atom. The lowest BCUT2D eigenvalue weighted by Gasteiger charge is -2.39. The third-order valence-electron chi connectivity index (χ3n) is 6.97. The van der Waals surface area contributed by atoms with Crippen LogP contribution in [0.3, 0.4) is 0 Å². The van der Waals surface area contributed by atoms with E-state index in [-0.39, 0.29) is 5.91 Å². The summed E-state index contributed by atoms with van der Waals surface area (Å²) in [4.78, 5) is 28.7. The molecule has 4 heterocycles. The number of amides is 1. The molecule has 7 nitrogen and oxygen atoms in total. The highest BCUT2D eigenvalue weighted by molar-refractivity contribution is 6.30. The number of nitrogens with zero attached hydrogens (tertiary/aromatic N) is 5. The number of pyridine rings is 1. The van der Waals surface area contributed by atoms with Crippen LogP contribution in [0.15, 0.2) is 59.3 Å². The second kappa shape index (κ2) is 11.2. The maximum atomic E-state index is 12.9. The maximum absolute atomic E-state index is 12.9. The fourth-order valence-electron chi connectivity index (χ4n) is 5.05. The lowest BCUT2D eigenvalue weighted by molar-refractivity contribution is -0.133. The van der Waals surface area contributed by atoms with Crippen molar-refractivity contribution in [2.45, 2.75) is 25.7 Å². The smallest absolute Gasteiger partial charge is 0.223 e. The zero-order valence-corrected chi connectivity index (χ0v) is 20.7. The molecular weight excluding hydrogens is 462 g/mol. The minimum atomic E-state index is 0.195. The molecule has 2 fully saturated rings. The van der Waals surface area contributed by atoms with E-state index < -0.39 is 0 Å². The van der Waals surface area contributed by atoms with Crippen LogP contribution in [0, 0.1) is 5.92 Å². The Morgan fingerprint density at radius 3 is 2.63 bits per heavy atom. The first kappa shape index (κ1) is 23.8. The molecule has 8 heteroatoms. The van der Waals surface area contributed by atoms with Gasteiger partial charge in [-0.25, -0.2) is 9.97 Å². The summed E-state index contributed by atoms with van der Waals surface area (Å²) in [5.41, 5.74) is 0.930. The largest absolute Gasteiger partial charge is 0.441 e. The number of anilines is 1. The number of rotatable bonds is 7. The summed E-state index contributed by atoms with van der Waals surface area (Å²) >= 11 is 5.96. The number of oxazole rings is 1. The first-order valence-corrected chi connectivity index (χ1v) is 12.9. The van der Waals surface area contributed by atoms with E-state index in [4.69, 9.17) is 16.0 Å². The number of hydrogen-bond donors (Lipinski definition) is 0. The SMILES string of the molecule is O=C(CCc1ncc(-c2ccc(Cl)cc2)o1)N1CCCC(CN2CCN(c3ccccn3)CC2)C1. The van der Waals surface area contributed by atoms with Crippen molar-refractivity contribution in [2.24, 2.45) is 5.92 Å². The van der Waals surface area contributed by atoms with Gasteiger partial charge in [-0.1, -0.05) is 17.7 Å². The summed E-state index contributed by atoms with van der Waals surface area (Å²) in [5, 5.41) is 0.686. The molecule has 3 aromatic rings. The highest BCUT2D eigenvalue weighted by atomic mass is 35.5. The van der Waals surface area contributed by atoms with Gasteiger partial charge < -0.3 is 14.2 Å². The molecule has 2 aliphatic heterocycles. The molecule has 0 bridgehead atoms. The monoisotopic (exact) mass is 493 g/mol. The van der Waals surface area contributed by atoms with Crippen molar-refractivity contribution < 1.29 is 9.21 Å². The highest BCUT2D eigenvalue weighted by Crippen LogP contribution is 2.24. The van der Waals surface area contributed by atoms with E-state index in [0.29, 0.717) is 35.4 Å². The Kier molecular flexibility index (Phi) is 7.64. The number of benzene rings is 1. The fraction of sp³-hybridized carbons (Fsp3) is 0.444. The predicted molar refractivity (Wildman–Crippen MR) is 137 cm³/mol. The van der Waals surface area contributed by atoms with Crippen molar-refractivity contribution in [3.63, 3.8) is 0 Å². The van der Waals surface area contributed by atoms with Gasteiger partial charge in [-0.2, -0.15) is 0 Å². The molecule has 35 heavy (non-hydrogen) atoms. The van der Waals surface area contributed by atoms with Crippen molar-refractivity contribution in [2.75, 3.05) is 50.7 Å². The van der Waals surface area contributed by atoms with Crippen LogP contribution in [0.1, 0.15) is 25.2 Å². The summed E-state index contributed by atoms with van der Waals surface area (Å²) < 4.78 is 5.87. The van der Waals surface area contributed by atoms with E-state index in [1.807, 2.05) is 47.5 Å². The van der Waals surface area contributed by atoms with Gasteiger partial charge in [-0.3, -0.25) is 9.69 Å². The molecule has 1 aromatic carbocycles. The number of aromatic nitrogens is 2. The first-order chi connectivity index (χ1) is 17.1. The van der Waals surface area contributed by atoms with Crippen molar-refractivity contribution in [3.05, 3.63) is 65.8 Å². The first-order valence-electron chi connectivity index (χ1n) is 12.5. The van der Waals surface area contributed by atoms with Gasteiger partial charge in [0.1, 0.15) is 5.82 Å². The van der Waals surface area contributed by atoms with Gasteiger partial charge in [-0.05, 0) is 55.2 Å². The molecule has 184 valence electrons. The fourth-order valence-corrected chi connectivity index (χ4v) is 5.18. The van der Waals surface area contributed by atoms with Gasteiger partial charge in [0.25, 0.3) is 0 Å². The number of halogens is 1. The number of piperazine rings is 1. The van der Waals surface area contributed by atoms with Crippen LogP contribution in [0.25, 0.3) is 11.3 Å². The van der Waals surface area contributed by atoms with Crippen LogP contribution in [-0.4, -0.2) is 71.5 Å². The molecular formula is C27H32ClN5O2. The second-order valence-electron chi connectivity index (χ2n) is 9.45. The molecule has 0 aliphatic carbocycles. The van der Waals surface area contributed by atoms with E-state index in [0.717, 1.165) is 63.6 Å². The molecule has 0 N–H and O–H groups in total. The van der Waals surface area contributed by atoms with Gasteiger partial charge in [0.05, 0.1) is 6.20 Å². The molecule has 1 amide bonds. The zero-order chi connectivity index (χ0) is 24.0. The van der Waals surface area contributed by atoms with Crippen LogP contribution in [0.2, 0.25) is 5.02 Å². The summed E-state index contributed by atoms with van der Waals surface area (Å²) in [7, 11) is 0. The zero-order valence-electron chi connectivity index (χ0n) is 20.0. The summed E-state index contributed by atoms with van der Waals surface area (Å²) in [6.07, 6.45) is 6.78. The van der Waals surface area contributed by atoms with E-state index in [1.54, 1.807) is 6.20 Å². The molecule has 1 atom stereocenters. The molecule has 0 radical (unpaired) electrons. The standard InChI is InChI=1S/C27H32ClN5O2/c28-23-8-6-22(7-9-23)24-18-30-26(35-24)10-11-27(34)33-13-3-4-21(20-33)19-31-14-16-32(17-15-31)25-5-1-2-12-29-25/h1-2,5-9,12,18,21H,3-4,10-11,13-17,19-20H2. The summed E-state index contributed by atoms with van der Waals surface area (Å²) in [6.45, 7) is 6.85. The number of hydrogen-bond acceptors (Lipinski definition) is 6. The van der Waals surface area contributed by atoms with Crippen molar-refractivity contribution in [1.29, 1.82) is 0 Å². The molecule has 2 aliphatic rings. The summed E-state index contributed by atoms with van der Waals surface area (Å²) in [5.74, 6) is 3.09. The second-order valence-corrected chi connectivity index (χ2v) is 9.89. The van der Waals surface area contributed by atoms with E-state index in [2.05, 4.69) is 25.8 Å². The Labute approximate surface area is 211 Å². The highest BCUT2D eigenvalue weighted by Gasteiger charge is 2.27. The third-order valence-corrected chi connectivity index (χ3v) is 7.22. The van der Waals surface area contributed by atoms with Gasteiger partial charge >= 0.3 is 0 Å². The Balaban J connectivity index is 1.07. The Hall–Kier alpha value is -2.90. The van der Waals surface area contributed by atoms with Gasteiger partial charge in [0.15, 0.2) is 11.7 Å². The van der Waals surface area contributed by atoms with Crippen molar-refractivity contribution in [1.82, 2.24) is 19.8 Å². The number of likely N-dealkylation sites (tertiary alicyclic amines) is 1. The Morgan fingerprint density at radius 2 is 1.86 bits per heavy atom. The van der Waals surface area contributed by atoms with Gasteiger partial charge in [0, 0.05) is 75.4 Å². The van der Waals surface area contributed by atoms with Crippen molar-refractivity contribution in [3.8, 4) is 11.3 Å². The normalized spacial score (nSPS) is 19.2. The molecule has 0 spiro atoms. The Bertz CT molecular complexity index is 1100. The molecule has 2 aromatic heterocycles. The van der Waals surface area contributed by atoms with Crippen LogP contribution in [-0.2, 0) is 11.2 Å². The lowest BCUT2D eigenvalue weighted by atomic mass is 9.96. The average Bonchev–Trinajstić information content (AvgIpc) is 3.38. The predicted octanol–water partition coefficient (Wildman–Crippen LogP) is 4.38. The van der Waals surface area contributed by atoms with E-state index in [1.165, 1.54) is 6.42 Å². The van der Waals surface area contributed by atoms with E-state index >= 15 is 0 Å². The number of aryl methyl sites for hydroxylation is 1. The topological polar surface area (TPSA) is 65.7 Å². The molecule has 1 unspecified atom stereocenters. The summed E-state index contributed by atoms with van der Waals surface area (Å²) in [6, 6.07) is 13.6. The average molecular weight is 494 g/mol. The minimum Gasteiger partial charge on any atom is -0.441 e. The lowest BCUT2D eigenvalue weighted by Crippen LogP contribution is -2.50. The maximum Gasteiger partial charge on any atom is 0.223 e. The van der Waals surface area contributed by atoms with E-state index in [9.17, 15) is 4.79 Å². The molecule has 2 saturated heterocycles. The van der Waals surface area contributed by atoms with Gasteiger partial charge in [0.2, 0.25) is 5.91 Å². The number of carbonyl (C=O) groups excluding carboxylic acids is 1. The van der Waals surface area contributed by atoms with Crippen molar-refractivity contribution >= 4 is 23.3 Å². The minimum absolute atomic E-state index is 0.195. The third kappa shape index (κ3) is 6.21. The quantitative estimate of drug-likeness (QED) is 0.486. The molecule has 5 rings (SSSR count).